The van der Waals surface area contributed by atoms with Crippen LogP contribution < -0.4 is 10.7 Å². The third-order valence-electron chi connectivity index (χ3n) is 10.3. The van der Waals surface area contributed by atoms with E-state index in [0.717, 1.165) is 16.7 Å². The van der Waals surface area contributed by atoms with Crippen LogP contribution in [0.3, 0.4) is 0 Å². The van der Waals surface area contributed by atoms with Crippen LogP contribution in [0.4, 0.5) is 0 Å². The molecule has 0 bridgehead atoms. The zero-order chi connectivity index (χ0) is 34.0. The van der Waals surface area contributed by atoms with Gasteiger partial charge in [0.05, 0.1) is 0 Å². The Bertz CT molecular complexity index is 1780. The van der Waals surface area contributed by atoms with E-state index in [4.69, 9.17) is 18.9 Å². The molecule has 4 nitrogen and oxygen atoms in total. The molecule has 50 heavy (non-hydrogen) atoms. The minimum absolute atomic E-state index is 0.226. The Balaban J connectivity index is 1.27. The second-order valence-electron chi connectivity index (χ2n) is 13.7. The second kappa shape index (κ2) is 13.9. The maximum atomic E-state index is 7.47. The molecule has 2 heterocycles. The normalized spacial score (nSPS) is 21.5. The molecule has 0 unspecified atom stereocenters. The van der Waals surface area contributed by atoms with Gasteiger partial charge in [0.15, 0.2) is 0 Å². The Kier molecular flexibility index (Phi) is 9.23. The van der Waals surface area contributed by atoms with Crippen LogP contribution in [-0.4, -0.2) is 53.2 Å². The van der Waals surface area contributed by atoms with Crippen LogP contribution in [0.15, 0.2) is 182 Å². The first kappa shape index (κ1) is 33.1. The van der Waals surface area contributed by atoms with E-state index >= 15 is 0 Å². The van der Waals surface area contributed by atoms with E-state index in [1.165, 1.54) is 10.7 Å². The molecular formula is C45H42O4Sn. The van der Waals surface area contributed by atoms with Crippen LogP contribution in [0.5, 0.6) is 0 Å². The van der Waals surface area contributed by atoms with Gasteiger partial charge in [0, 0.05) is 0 Å². The van der Waals surface area contributed by atoms with Gasteiger partial charge in [-0.05, 0) is 0 Å². The van der Waals surface area contributed by atoms with Gasteiger partial charge < -0.3 is 0 Å². The SMILES string of the molecule is CC1(C)O[C@@H]2[C@H](O1)[C@@H](COC(c1ccccc1)(c1ccccc1)c1ccccc1)O[C@@H]2[Sn]([c]1ccccc1)([c]1ccccc1)[c]1ccccc1. The molecule has 250 valence electrons. The van der Waals surface area contributed by atoms with Gasteiger partial charge >= 0.3 is 301 Å². The topological polar surface area (TPSA) is 36.9 Å². The van der Waals surface area contributed by atoms with Crippen molar-refractivity contribution in [3.8, 4) is 0 Å². The molecule has 0 radical (unpaired) electrons. The quantitative estimate of drug-likeness (QED) is 0.111. The summed E-state index contributed by atoms with van der Waals surface area (Å²) in [5.41, 5.74) is 2.28. The Morgan fingerprint density at radius 1 is 0.500 bits per heavy atom. The molecule has 0 spiro atoms. The van der Waals surface area contributed by atoms with Crippen LogP contribution >= 0.6 is 0 Å². The van der Waals surface area contributed by atoms with E-state index in [1.807, 2.05) is 13.8 Å². The van der Waals surface area contributed by atoms with Crippen molar-refractivity contribution in [2.75, 3.05) is 6.61 Å². The summed E-state index contributed by atoms with van der Waals surface area (Å²) in [6, 6.07) is 64.6. The van der Waals surface area contributed by atoms with Crippen molar-refractivity contribution in [2.45, 2.75) is 47.7 Å². The summed E-state index contributed by atoms with van der Waals surface area (Å²) in [6.07, 6.45) is -0.980. The average molecular weight is 766 g/mol. The zero-order valence-electron chi connectivity index (χ0n) is 28.5. The monoisotopic (exact) mass is 766 g/mol. The molecule has 2 aliphatic rings. The molecule has 5 heteroatoms. The van der Waals surface area contributed by atoms with Crippen LogP contribution in [-0.2, 0) is 24.5 Å². The molecule has 4 atom stereocenters. The van der Waals surface area contributed by atoms with Crippen molar-refractivity contribution in [1.29, 1.82) is 0 Å². The maximum absolute atomic E-state index is 7.47. The van der Waals surface area contributed by atoms with Crippen molar-refractivity contribution in [1.82, 2.24) is 0 Å². The van der Waals surface area contributed by atoms with Crippen molar-refractivity contribution in [3.05, 3.63) is 199 Å². The Morgan fingerprint density at radius 2 is 0.840 bits per heavy atom. The van der Waals surface area contributed by atoms with E-state index in [-0.39, 0.29) is 22.4 Å². The van der Waals surface area contributed by atoms with Crippen molar-refractivity contribution in [3.63, 3.8) is 0 Å². The van der Waals surface area contributed by atoms with Gasteiger partial charge in [0.2, 0.25) is 0 Å². The fraction of sp³-hybridized carbons (Fsp3) is 0.200. The van der Waals surface area contributed by atoms with E-state index < -0.39 is 29.8 Å². The predicted molar refractivity (Wildman–Crippen MR) is 202 cm³/mol. The summed E-state index contributed by atoms with van der Waals surface area (Å²) >= 11 is -4.07. The fourth-order valence-corrected chi connectivity index (χ4v) is 23.3. The molecule has 2 saturated heterocycles. The van der Waals surface area contributed by atoms with Gasteiger partial charge in [0.1, 0.15) is 0 Å². The molecule has 0 saturated carbocycles. The summed E-state index contributed by atoms with van der Waals surface area (Å²) < 4.78 is 32.4. The van der Waals surface area contributed by atoms with E-state index in [9.17, 15) is 0 Å². The Morgan fingerprint density at radius 3 is 1.22 bits per heavy atom. The molecule has 0 N–H and O–H groups in total. The molecule has 0 amide bonds. The van der Waals surface area contributed by atoms with E-state index in [0.29, 0.717) is 6.61 Å². The van der Waals surface area contributed by atoms with Crippen LogP contribution in [0, 0.1) is 0 Å². The summed E-state index contributed by atoms with van der Waals surface area (Å²) in [5, 5.41) is 0. The molecule has 0 aliphatic carbocycles. The molecular weight excluding hydrogens is 723 g/mol. The number of rotatable bonds is 10. The first-order chi connectivity index (χ1) is 24.5. The third kappa shape index (κ3) is 5.83. The standard InChI is InChI=1S/C27H27O4.3C6H5.Sn/c1-26(2)30-24-18-28-23(25(24)31-26)19-29-27(20-12-6-3-7-13-20,21-14-8-4-9-15-21)22-16-10-5-11-17-22;3*1-2-4-6-5-3-1;/h3-18,23-25H,19H2,1-2H3;3*1-5H;/t23-,24+,25-;;;;/m1..../s1. The Hall–Kier alpha value is -4.04. The Labute approximate surface area is 299 Å². The molecule has 6 aromatic carbocycles. The van der Waals surface area contributed by atoms with Gasteiger partial charge in [-0.15, -0.1) is 0 Å². The van der Waals surface area contributed by atoms with Crippen LogP contribution in [0.2, 0.25) is 0 Å². The summed E-state index contributed by atoms with van der Waals surface area (Å²) in [5.74, 6) is -0.771. The van der Waals surface area contributed by atoms with Gasteiger partial charge in [-0.2, -0.15) is 0 Å². The number of benzene rings is 6. The first-order valence-corrected chi connectivity index (χ1v) is 23.4. The summed E-state index contributed by atoms with van der Waals surface area (Å²) in [7, 11) is 0. The number of hydrogen-bond acceptors (Lipinski definition) is 4. The molecule has 8 rings (SSSR count). The molecule has 2 fully saturated rings. The molecule has 2 aliphatic heterocycles. The van der Waals surface area contributed by atoms with Crippen molar-refractivity contribution in [2.24, 2.45) is 0 Å². The number of hydrogen-bond donors (Lipinski definition) is 0. The van der Waals surface area contributed by atoms with Crippen molar-refractivity contribution < 1.29 is 18.9 Å². The number of fused-ring (bicyclic) bond motifs is 1. The van der Waals surface area contributed by atoms with Crippen LogP contribution in [0.1, 0.15) is 30.5 Å². The third-order valence-corrected chi connectivity index (χ3v) is 24.7. The number of ether oxygens (including phenoxy) is 4. The van der Waals surface area contributed by atoms with E-state index in [1.54, 1.807) is 0 Å². The summed E-state index contributed by atoms with van der Waals surface area (Å²) in [6.45, 7) is 4.34. The van der Waals surface area contributed by atoms with Crippen molar-refractivity contribution >= 4 is 29.1 Å². The minimum atomic E-state index is -4.07. The predicted octanol–water partition coefficient (Wildman–Crippen LogP) is 6.99. The van der Waals surface area contributed by atoms with Gasteiger partial charge in [-0.25, -0.2) is 0 Å². The fourth-order valence-electron chi connectivity index (χ4n) is 8.24. The molecule has 6 aromatic rings. The van der Waals surface area contributed by atoms with Gasteiger partial charge in [-0.3, -0.25) is 0 Å². The van der Waals surface area contributed by atoms with E-state index in [2.05, 4.69) is 182 Å². The first-order valence-electron chi connectivity index (χ1n) is 17.5. The van der Waals surface area contributed by atoms with Gasteiger partial charge in [-0.1, -0.05) is 0 Å². The summed E-state index contributed by atoms with van der Waals surface area (Å²) in [4.78, 5) is 0. The van der Waals surface area contributed by atoms with Crippen LogP contribution in [0.25, 0.3) is 0 Å². The zero-order valence-corrected chi connectivity index (χ0v) is 31.3. The van der Waals surface area contributed by atoms with Gasteiger partial charge in [0.25, 0.3) is 0 Å². The second-order valence-corrected chi connectivity index (χ2v) is 24.8. The molecule has 0 aromatic heterocycles. The average Bonchev–Trinajstić information content (AvgIpc) is 3.68.